The van der Waals surface area contributed by atoms with E-state index in [9.17, 15) is 13.2 Å². The van der Waals surface area contributed by atoms with Gasteiger partial charge in [0.15, 0.2) is 0 Å². The Morgan fingerprint density at radius 2 is 1.67 bits per heavy atom. The van der Waals surface area contributed by atoms with Crippen LogP contribution in [-0.2, 0) is 6.54 Å². The van der Waals surface area contributed by atoms with Crippen molar-refractivity contribution >= 4 is 21.6 Å². The number of hydrogen-bond acceptors (Lipinski definition) is 1. The van der Waals surface area contributed by atoms with Gasteiger partial charge in [0.05, 0.1) is 0 Å². The predicted octanol–water partition coefficient (Wildman–Crippen LogP) is 4.48. The topological polar surface area (TPSA) is 12.0 Å². The maximum Gasteiger partial charge on any atom is 0.149 e. The Hall–Kier alpha value is -1.49. The molecule has 0 fully saturated rings. The molecule has 1 nitrogen and oxygen atoms in total. The highest BCUT2D eigenvalue weighted by molar-refractivity contribution is 9.10. The molecule has 0 heterocycles. The second-order valence-corrected chi connectivity index (χ2v) is 4.54. The second kappa shape index (κ2) is 5.44. The summed E-state index contributed by atoms with van der Waals surface area (Å²) in [5, 5.41) is 2.62. The number of anilines is 1. The summed E-state index contributed by atoms with van der Waals surface area (Å²) in [7, 11) is 0. The Morgan fingerprint density at radius 1 is 1.00 bits per heavy atom. The van der Waals surface area contributed by atoms with E-state index in [1.807, 2.05) is 0 Å². The van der Waals surface area contributed by atoms with Crippen LogP contribution in [-0.4, -0.2) is 0 Å². The highest BCUT2D eigenvalue weighted by atomic mass is 79.9. The number of halogens is 4. The lowest BCUT2D eigenvalue weighted by Crippen LogP contribution is -2.04. The number of hydrogen-bond donors (Lipinski definition) is 1. The minimum atomic E-state index is -0.678. The highest BCUT2D eigenvalue weighted by Gasteiger charge is 2.08. The van der Waals surface area contributed by atoms with Gasteiger partial charge in [0.25, 0.3) is 0 Å². The molecule has 0 amide bonds. The lowest BCUT2D eigenvalue weighted by molar-refractivity contribution is 0.588. The molecule has 0 aliphatic rings. The molecule has 0 bridgehead atoms. The molecule has 0 saturated carbocycles. The molecule has 0 radical (unpaired) electrons. The van der Waals surface area contributed by atoms with Gasteiger partial charge in [0, 0.05) is 11.0 Å². The van der Waals surface area contributed by atoms with E-state index in [1.165, 1.54) is 18.2 Å². The summed E-state index contributed by atoms with van der Waals surface area (Å²) in [6.07, 6.45) is 0. The van der Waals surface area contributed by atoms with E-state index in [4.69, 9.17) is 0 Å². The molecule has 94 valence electrons. The van der Waals surface area contributed by atoms with Crippen LogP contribution < -0.4 is 5.32 Å². The van der Waals surface area contributed by atoms with Crippen molar-refractivity contribution in [2.75, 3.05) is 5.32 Å². The summed E-state index contributed by atoms with van der Waals surface area (Å²) in [6, 6.07) is 7.75. The third-order valence-electron chi connectivity index (χ3n) is 2.43. The number of nitrogens with one attached hydrogen (secondary N) is 1. The van der Waals surface area contributed by atoms with Gasteiger partial charge in [-0.25, -0.2) is 13.2 Å². The molecule has 0 aliphatic carbocycles. The van der Waals surface area contributed by atoms with Crippen molar-refractivity contribution < 1.29 is 13.2 Å². The Balaban J connectivity index is 2.19. The van der Waals surface area contributed by atoms with Crippen molar-refractivity contribution in [3.8, 4) is 0 Å². The standard InChI is InChI=1S/C13H9BrF3N/c14-10-5-4-9(15)6-8(10)7-18-13-11(16)2-1-3-12(13)17/h1-6,18H,7H2. The normalized spacial score (nSPS) is 10.4. The fourth-order valence-electron chi connectivity index (χ4n) is 1.53. The second-order valence-electron chi connectivity index (χ2n) is 3.69. The van der Waals surface area contributed by atoms with Crippen molar-refractivity contribution in [3.63, 3.8) is 0 Å². The summed E-state index contributed by atoms with van der Waals surface area (Å²) in [5.74, 6) is -1.76. The molecular weight excluding hydrogens is 307 g/mol. The van der Waals surface area contributed by atoms with Crippen molar-refractivity contribution in [1.29, 1.82) is 0 Å². The van der Waals surface area contributed by atoms with Crippen LogP contribution in [0.15, 0.2) is 40.9 Å². The molecular formula is C13H9BrF3N. The van der Waals surface area contributed by atoms with E-state index in [2.05, 4.69) is 21.2 Å². The monoisotopic (exact) mass is 315 g/mol. The van der Waals surface area contributed by atoms with Gasteiger partial charge in [0.2, 0.25) is 0 Å². The average molecular weight is 316 g/mol. The molecule has 1 N–H and O–H groups in total. The maximum absolute atomic E-state index is 13.3. The molecule has 0 unspecified atom stereocenters. The van der Waals surface area contributed by atoms with Gasteiger partial charge in [-0.05, 0) is 35.9 Å². The van der Waals surface area contributed by atoms with Crippen LogP contribution in [0.2, 0.25) is 0 Å². The Morgan fingerprint density at radius 3 is 2.33 bits per heavy atom. The summed E-state index contributed by atoms with van der Waals surface area (Å²) in [5.41, 5.74) is 0.367. The Kier molecular flexibility index (Phi) is 3.91. The van der Waals surface area contributed by atoms with Crippen molar-refractivity contribution in [2.24, 2.45) is 0 Å². The van der Waals surface area contributed by atoms with Gasteiger partial charge in [-0.15, -0.1) is 0 Å². The van der Waals surface area contributed by atoms with Crippen LogP contribution in [0.1, 0.15) is 5.56 Å². The first-order valence-electron chi connectivity index (χ1n) is 5.20. The number of para-hydroxylation sites is 1. The first kappa shape index (κ1) is 13.0. The molecule has 0 aliphatic heterocycles. The summed E-state index contributed by atoms with van der Waals surface area (Å²) in [6.45, 7) is 0.121. The molecule has 0 atom stereocenters. The van der Waals surface area contributed by atoms with Crippen molar-refractivity contribution in [3.05, 3.63) is 63.9 Å². The lowest BCUT2D eigenvalue weighted by Gasteiger charge is -2.10. The molecule has 2 rings (SSSR count). The van der Waals surface area contributed by atoms with Gasteiger partial charge in [-0.3, -0.25) is 0 Å². The van der Waals surface area contributed by atoms with Gasteiger partial charge in [-0.2, -0.15) is 0 Å². The van der Waals surface area contributed by atoms with Crippen LogP contribution in [0.4, 0.5) is 18.9 Å². The summed E-state index contributed by atoms with van der Waals surface area (Å²) < 4.78 is 40.4. The molecule has 0 aromatic heterocycles. The van der Waals surface area contributed by atoms with E-state index < -0.39 is 17.5 Å². The lowest BCUT2D eigenvalue weighted by atomic mass is 10.2. The van der Waals surface area contributed by atoms with Crippen LogP contribution in [0, 0.1) is 17.5 Å². The van der Waals surface area contributed by atoms with Crippen LogP contribution in [0.25, 0.3) is 0 Å². The van der Waals surface area contributed by atoms with Gasteiger partial charge >= 0.3 is 0 Å². The van der Waals surface area contributed by atoms with E-state index in [0.717, 1.165) is 12.1 Å². The fraction of sp³-hybridized carbons (Fsp3) is 0.0769. The first-order chi connectivity index (χ1) is 8.58. The van der Waals surface area contributed by atoms with E-state index >= 15 is 0 Å². The van der Waals surface area contributed by atoms with Crippen molar-refractivity contribution in [2.45, 2.75) is 6.54 Å². The molecule has 0 spiro atoms. The van der Waals surface area contributed by atoms with E-state index in [-0.39, 0.29) is 12.2 Å². The van der Waals surface area contributed by atoms with Gasteiger partial charge in [0.1, 0.15) is 23.1 Å². The zero-order valence-electron chi connectivity index (χ0n) is 9.18. The van der Waals surface area contributed by atoms with Gasteiger partial charge in [-0.1, -0.05) is 22.0 Å². The zero-order valence-corrected chi connectivity index (χ0v) is 10.8. The quantitative estimate of drug-likeness (QED) is 0.880. The SMILES string of the molecule is Fc1ccc(Br)c(CNc2c(F)cccc2F)c1. The third kappa shape index (κ3) is 2.85. The Bertz CT molecular complexity index is 552. The number of rotatable bonds is 3. The van der Waals surface area contributed by atoms with Gasteiger partial charge < -0.3 is 5.32 Å². The highest BCUT2D eigenvalue weighted by Crippen LogP contribution is 2.22. The smallest absolute Gasteiger partial charge is 0.149 e. The Labute approximate surface area is 111 Å². The minimum Gasteiger partial charge on any atom is -0.376 e. The summed E-state index contributed by atoms with van der Waals surface area (Å²) >= 11 is 3.25. The van der Waals surface area contributed by atoms with Crippen molar-refractivity contribution in [1.82, 2.24) is 0 Å². The largest absolute Gasteiger partial charge is 0.376 e. The van der Waals surface area contributed by atoms with E-state index in [0.29, 0.717) is 10.0 Å². The van der Waals surface area contributed by atoms with Crippen LogP contribution in [0.3, 0.4) is 0 Å². The average Bonchev–Trinajstić information content (AvgIpc) is 2.33. The molecule has 5 heteroatoms. The van der Waals surface area contributed by atoms with Crippen LogP contribution >= 0.6 is 15.9 Å². The minimum absolute atomic E-state index is 0.121. The predicted molar refractivity (Wildman–Crippen MR) is 67.8 cm³/mol. The number of benzene rings is 2. The van der Waals surface area contributed by atoms with E-state index in [1.54, 1.807) is 6.07 Å². The third-order valence-corrected chi connectivity index (χ3v) is 3.20. The zero-order chi connectivity index (χ0) is 13.1. The fourth-order valence-corrected chi connectivity index (χ4v) is 1.92. The molecule has 2 aromatic carbocycles. The van der Waals surface area contributed by atoms with Crippen LogP contribution in [0.5, 0.6) is 0 Å². The first-order valence-corrected chi connectivity index (χ1v) is 5.99. The molecule has 0 saturated heterocycles. The summed E-state index contributed by atoms with van der Waals surface area (Å²) in [4.78, 5) is 0. The maximum atomic E-state index is 13.3. The molecule has 2 aromatic rings. The molecule has 18 heavy (non-hydrogen) atoms.